The molecule has 1 aromatic rings. The number of fused-ring (bicyclic) bond motifs is 1. The molecule has 0 saturated carbocycles. The lowest BCUT2D eigenvalue weighted by Crippen LogP contribution is -2.45. The number of rotatable bonds is 4. The maximum atomic E-state index is 12.1. The van der Waals surface area contributed by atoms with Crippen molar-refractivity contribution in [1.29, 1.82) is 0 Å². The number of benzene rings is 1. The number of carbonyl (C=O) groups is 1. The third-order valence-electron chi connectivity index (χ3n) is 3.68. The van der Waals surface area contributed by atoms with E-state index in [0.717, 1.165) is 28.8 Å². The first kappa shape index (κ1) is 15.3. The minimum absolute atomic E-state index is 0.121. The Morgan fingerprint density at radius 3 is 3.05 bits per heavy atom. The number of ether oxygens (including phenoxy) is 1. The van der Waals surface area contributed by atoms with Gasteiger partial charge in [-0.25, -0.2) is 0 Å². The summed E-state index contributed by atoms with van der Waals surface area (Å²) in [4.78, 5) is 13.9. The van der Waals surface area contributed by atoms with Crippen LogP contribution in [0.2, 0.25) is 0 Å². The molecule has 1 heterocycles. The van der Waals surface area contributed by atoms with Crippen molar-refractivity contribution in [3.63, 3.8) is 0 Å². The molecule has 0 aliphatic carbocycles. The summed E-state index contributed by atoms with van der Waals surface area (Å²) in [5, 5.41) is 3.43. The molecule has 2 unspecified atom stereocenters. The summed E-state index contributed by atoms with van der Waals surface area (Å²) in [6.45, 7) is 5.30. The van der Waals surface area contributed by atoms with Gasteiger partial charge in [0.1, 0.15) is 5.75 Å². The lowest BCUT2D eigenvalue weighted by atomic mass is 9.99. The van der Waals surface area contributed by atoms with E-state index in [-0.39, 0.29) is 18.0 Å². The van der Waals surface area contributed by atoms with Crippen LogP contribution in [0.25, 0.3) is 0 Å². The molecule has 1 aromatic carbocycles. The molecule has 0 spiro atoms. The summed E-state index contributed by atoms with van der Waals surface area (Å²) in [5.41, 5.74) is 1.12. The molecule has 0 radical (unpaired) electrons. The first-order valence-corrected chi connectivity index (χ1v) is 7.75. The van der Waals surface area contributed by atoms with Gasteiger partial charge < -0.3 is 9.64 Å². The summed E-state index contributed by atoms with van der Waals surface area (Å²) >= 11 is 3.49. The largest absolute Gasteiger partial charge is 0.493 e. The van der Waals surface area contributed by atoms with Crippen molar-refractivity contribution >= 4 is 21.8 Å². The Bertz CT molecular complexity index is 493. The fourth-order valence-electron chi connectivity index (χ4n) is 2.40. The van der Waals surface area contributed by atoms with Crippen LogP contribution in [0.4, 0.5) is 0 Å². The number of nitrogens with zero attached hydrogens (tertiary/aromatic N) is 1. The molecule has 1 aliphatic heterocycles. The average molecular weight is 341 g/mol. The van der Waals surface area contributed by atoms with Crippen LogP contribution in [0.1, 0.15) is 31.9 Å². The van der Waals surface area contributed by atoms with Crippen LogP contribution in [0.3, 0.4) is 0 Å². The molecular weight excluding hydrogens is 320 g/mol. The highest BCUT2D eigenvalue weighted by Gasteiger charge is 2.26. The zero-order valence-electron chi connectivity index (χ0n) is 12.1. The first-order chi connectivity index (χ1) is 9.52. The smallest absolute Gasteiger partial charge is 0.239 e. The highest BCUT2D eigenvalue weighted by Crippen LogP contribution is 2.34. The highest BCUT2D eigenvalue weighted by molar-refractivity contribution is 9.10. The van der Waals surface area contributed by atoms with Crippen LogP contribution in [-0.2, 0) is 4.79 Å². The van der Waals surface area contributed by atoms with E-state index in [0.29, 0.717) is 6.61 Å². The van der Waals surface area contributed by atoms with Gasteiger partial charge in [-0.05, 0) is 32.0 Å². The van der Waals surface area contributed by atoms with Crippen LogP contribution >= 0.6 is 15.9 Å². The molecule has 0 saturated heterocycles. The molecule has 0 fully saturated rings. The predicted octanol–water partition coefficient (Wildman–Crippen LogP) is 2.73. The number of hydrogen-bond donors (Lipinski definition) is 1. The van der Waals surface area contributed by atoms with Crippen LogP contribution in [0.5, 0.6) is 5.75 Å². The minimum atomic E-state index is -0.199. The lowest BCUT2D eigenvalue weighted by Gasteiger charge is -2.30. The van der Waals surface area contributed by atoms with Gasteiger partial charge in [-0.3, -0.25) is 10.1 Å². The molecule has 5 heteroatoms. The Balaban J connectivity index is 2.12. The van der Waals surface area contributed by atoms with Gasteiger partial charge in [-0.15, -0.1) is 0 Å². The number of likely N-dealkylation sites (N-methyl/N-ethyl adjacent to an activating group) is 1. The van der Waals surface area contributed by atoms with Gasteiger partial charge in [-0.2, -0.15) is 0 Å². The summed E-state index contributed by atoms with van der Waals surface area (Å²) in [6, 6.07) is 5.96. The van der Waals surface area contributed by atoms with E-state index in [2.05, 4.69) is 27.3 Å². The van der Waals surface area contributed by atoms with Gasteiger partial charge in [-0.1, -0.05) is 15.9 Å². The molecule has 2 atom stereocenters. The van der Waals surface area contributed by atoms with Crippen molar-refractivity contribution < 1.29 is 9.53 Å². The second-order valence-corrected chi connectivity index (χ2v) is 6.03. The maximum Gasteiger partial charge on any atom is 0.239 e. The van der Waals surface area contributed by atoms with E-state index < -0.39 is 0 Å². The third kappa shape index (κ3) is 3.33. The van der Waals surface area contributed by atoms with Crippen molar-refractivity contribution in [2.45, 2.75) is 32.4 Å². The Kier molecular flexibility index (Phi) is 5.05. The molecule has 1 amide bonds. The SMILES string of the molecule is CCN(C)C(=O)C(C)NC1CCOc2ccc(Br)cc21. The molecule has 4 nitrogen and oxygen atoms in total. The molecule has 110 valence electrons. The summed E-state index contributed by atoms with van der Waals surface area (Å²) in [6.07, 6.45) is 0.872. The van der Waals surface area contributed by atoms with E-state index in [9.17, 15) is 4.79 Å². The molecule has 0 bridgehead atoms. The van der Waals surface area contributed by atoms with Crippen molar-refractivity contribution in [2.75, 3.05) is 20.2 Å². The monoisotopic (exact) mass is 340 g/mol. The topological polar surface area (TPSA) is 41.6 Å². The molecular formula is C15H21BrN2O2. The third-order valence-corrected chi connectivity index (χ3v) is 4.18. The van der Waals surface area contributed by atoms with E-state index >= 15 is 0 Å². The zero-order valence-corrected chi connectivity index (χ0v) is 13.7. The summed E-state index contributed by atoms with van der Waals surface area (Å²) in [5.74, 6) is 1.02. The van der Waals surface area contributed by atoms with Gasteiger partial charge >= 0.3 is 0 Å². The van der Waals surface area contributed by atoms with E-state index in [4.69, 9.17) is 4.74 Å². The van der Waals surface area contributed by atoms with Gasteiger partial charge in [0, 0.05) is 36.1 Å². The first-order valence-electron chi connectivity index (χ1n) is 6.96. The molecule has 20 heavy (non-hydrogen) atoms. The molecule has 0 aromatic heterocycles. The van der Waals surface area contributed by atoms with E-state index in [1.807, 2.05) is 33.0 Å². The number of amides is 1. The fourth-order valence-corrected chi connectivity index (χ4v) is 2.78. The Hall–Kier alpha value is -1.07. The zero-order chi connectivity index (χ0) is 14.7. The summed E-state index contributed by atoms with van der Waals surface area (Å²) < 4.78 is 6.69. The van der Waals surface area contributed by atoms with Gasteiger partial charge in [0.25, 0.3) is 0 Å². The number of halogens is 1. The maximum absolute atomic E-state index is 12.1. The van der Waals surface area contributed by atoms with Crippen molar-refractivity contribution in [3.8, 4) is 5.75 Å². The van der Waals surface area contributed by atoms with Gasteiger partial charge in [0.2, 0.25) is 5.91 Å². The molecule has 1 N–H and O–H groups in total. The van der Waals surface area contributed by atoms with E-state index in [1.165, 1.54) is 0 Å². The van der Waals surface area contributed by atoms with Crippen molar-refractivity contribution in [1.82, 2.24) is 10.2 Å². The Morgan fingerprint density at radius 1 is 1.60 bits per heavy atom. The predicted molar refractivity (Wildman–Crippen MR) is 82.9 cm³/mol. The Morgan fingerprint density at radius 2 is 2.35 bits per heavy atom. The second kappa shape index (κ2) is 6.59. The van der Waals surface area contributed by atoms with Crippen LogP contribution in [0, 0.1) is 0 Å². The Labute approximate surface area is 128 Å². The lowest BCUT2D eigenvalue weighted by molar-refractivity contribution is -0.131. The van der Waals surface area contributed by atoms with Crippen LogP contribution in [-0.4, -0.2) is 37.0 Å². The average Bonchev–Trinajstić information content (AvgIpc) is 2.46. The van der Waals surface area contributed by atoms with Crippen LogP contribution < -0.4 is 10.1 Å². The second-order valence-electron chi connectivity index (χ2n) is 5.11. The highest BCUT2D eigenvalue weighted by atomic mass is 79.9. The summed E-state index contributed by atoms with van der Waals surface area (Å²) in [7, 11) is 1.83. The number of carbonyl (C=O) groups excluding carboxylic acids is 1. The molecule has 1 aliphatic rings. The normalized spacial score (nSPS) is 18.9. The van der Waals surface area contributed by atoms with Crippen molar-refractivity contribution in [3.05, 3.63) is 28.2 Å². The molecule has 2 rings (SSSR count). The van der Waals surface area contributed by atoms with Crippen molar-refractivity contribution in [2.24, 2.45) is 0 Å². The fraction of sp³-hybridized carbons (Fsp3) is 0.533. The van der Waals surface area contributed by atoms with Crippen LogP contribution in [0.15, 0.2) is 22.7 Å². The quantitative estimate of drug-likeness (QED) is 0.916. The van der Waals surface area contributed by atoms with Gasteiger partial charge in [0.05, 0.1) is 12.6 Å². The van der Waals surface area contributed by atoms with E-state index in [1.54, 1.807) is 4.90 Å². The standard InChI is InChI=1S/C15H21BrN2O2/c1-4-18(3)15(19)10(2)17-13-7-8-20-14-6-5-11(16)9-12(13)14/h5-6,9-10,13,17H,4,7-8H2,1-3H3. The number of nitrogens with one attached hydrogen (secondary N) is 1. The minimum Gasteiger partial charge on any atom is -0.493 e. The van der Waals surface area contributed by atoms with Gasteiger partial charge in [0.15, 0.2) is 0 Å². The number of hydrogen-bond acceptors (Lipinski definition) is 3.